The molecule has 1 atom stereocenters. The minimum atomic E-state index is -0.558. The van der Waals surface area contributed by atoms with E-state index in [-0.39, 0.29) is 13.2 Å². The lowest BCUT2D eigenvalue weighted by Gasteiger charge is -2.28. The Kier molecular flexibility index (Phi) is 9.46. The number of allylic oxidation sites excluding steroid dienone is 1. The van der Waals surface area contributed by atoms with Crippen LogP contribution < -0.4 is 14.8 Å². The fraction of sp³-hybridized carbons (Fsp3) is 0.370. The molecule has 1 aromatic heterocycles. The van der Waals surface area contributed by atoms with Gasteiger partial charge in [0, 0.05) is 11.4 Å². The summed E-state index contributed by atoms with van der Waals surface area (Å²) in [5.74, 6) is 2.16. The van der Waals surface area contributed by atoms with Gasteiger partial charge in [-0.2, -0.15) is 4.98 Å². The lowest BCUT2D eigenvalue weighted by atomic mass is 9.95. The predicted octanol–water partition coefficient (Wildman–Crippen LogP) is 6.92. The molecule has 0 saturated heterocycles. The number of esters is 1. The number of aromatic nitrogens is 3. The smallest absolute Gasteiger partial charge is 0.338 e. The quantitative estimate of drug-likeness (QED) is 0.194. The molecule has 0 amide bonds. The third-order valence-electron chi connectivity index (χ3n) is 5.73. The average molecular weight is 578 g/mol. The van der Waals surface area contributed by atoms with Crippen molar-refractivity contribution >= 4 is 46.9 Å². The Morgan fingerprint density at radius 3 is 2.58 bits per heavy atom. The van der Waals surface area contributed by atoms with Gasteiger partial charge in [0.05, 0.1) is 28.8 Å². The topological polar surface area (TPSA) is 87.5 Å². The second kappa shape index (κ2) is 12.8. The Labute approximate surface area is 236 Å². The van der Waals surface area contributed by atoms with Gasteiger partial charge in [-0.25, -0.2) is 9.48 Å². The molecule has 11 heteroatoms. The first-order valence-electron chi connectivity index (χ1n) is 12.4. The minimum absolute atomic E-state index is 0.260. The number of nitrogens with one attached hydrogen (secondary N) is 1. The van der Waals surface area contributed by atoms with E-state index in [9.17, 15) is 4.79 Å². The van der Waals surface area contributed by atoms with Crippen molar-refractivity contribution in [2.45, 2.75) is 51.9 Å². The standard InChI is InChI=1S/C27H30Cl2N4O4S/c1-5-12-38-27-31-26-30-16(4)23(25(34)36-7-3)24(33(26)32-27)18-9-11-21(22(14-18)35-6-2)37-15-17-8-10-19(28)20(29)13-17/h8-11,13-14,24H,5-7,12,15H2,1-4H3,(H,30,31,32). The molecule has 202 valence electrons. The molecule has 0 radical (unpaired) electrons. The van der Waals surface area contributed by atoms with Gasteiger partial charge in [0.2, 0.25) is 11.1 Å². The van der Waals surface area contributed by atoms with Crippen molar-refractivity contribution in [3.63, 3.8) is 0 Å². The number of hydrogen-bond donors (Lipinski definition) is 1. The maximum Gasteiger partial charge on any atom is 0.338 e. The van der Waals surface area contributed by atoms with Gasteiger partial charge in [-0.3, -0.25) is 0 Å². The number of carbonyl (C=O) groups is 1. The Hall–Kier alpha value is -2.88. The van der Waals surface area contributed by atoms with E-state index in [0.717, 1.165) is 23.3 Å². The molecule has 2 heterocycles. The number of nitrogens with zero attached hydrogens (tertiary/aromatic N) is 3. The highest BCUT2D eigenvalue weighted by molar-refractivity contribution is 7.99. The largest absolute Gasteiger partial charge is 0.490 e. The number of benzene rings is 2. The van der Waals surface area contributed by atoms with E-state index in [0.29, 0.717) is 50.5 Å². The molecular formula is C27H30Cl2N4O4S. The average Bonchev–Trinajstić information content (AvgIpc) is 3.30. The molecule has 38 heavy (non-hydrogen) atoms. The Bertz CT molecular complexity index is 1340. The number of carbonyl (C=O) groups excluding carboxylic acids is 1. The number of hydrogen-bond acceptors (Lipinski definition) is 8. The first-order valence-corrected chi connectivity index (χ1v) is 14.2. The molecule has 2 aromatic carbocycles. The summed E-state index contributed by atoms with van der Waals surface area (Å²) in [5.41, 5.74) is 2.79. The highest BCUT2D eigenvalue weighted by Crippen LogP contribution is 2.40. The van der Waals surface area contributed by atoms with Crippen LogP contribution in [0.15, 0.2) is 52.8 Å². The van der Waals surface area contributed by atoms with E-state index in [1.165, 1.54) is 0 Å². The number of thioether (sulfide) groups is 1. The van der Waals surface area contributed by atoms with E-state index in [1.807, 2.05) is 38.1 Å². The van der Waals surface area contributed by atoms with Crippen LogP contribution in [0, 0.1) is 0 Å². The summed E-state index contributed by atoms with van der Waals surface area (Å²) in [6.45, 7) is 8.61. The van der Waals surface area contributed by atoms with Crippen molar-refractivity contribution in [3.8, 4) is 11.5 Å². The molecule has 3 aromatic rings. The van der Waals surface area contributed by atoms with Crippen LogP contribution in [0.25, 0.3) is 0 Å². The monoisotopic (exact) mass is 576 g/mol. The molecule has 1 unspecified atom stereocenters. The summed E-state index contributed by atoms with van der Waals surface area (Å²) >= 11 is 13.8. The summed E-state index contributed by atoms with van der Waals surface area (Å²) in [4.78, 5) is 17.8. The zero-order valence-electron chi connectivity index (χ0n) is 21.7. The summed E-state index contributed by atoms with van der Waals surface area (Å²) in [6.07, 6.45) is 0.998. The Morgan fingerprint density at radius 1 is 1.05 bits per heavy atom. The summed E-state index contributed by atoms with van der Waals surface area (Å²) in [6, 6.07) is 10.4. The van der Waals surface area contributed by atoms with Crippen LogP contribution in [0.1, 0.15) is 51.3 Å². The highest BCUT2D eigenvalue weighted by atomic mass is 35.5. The van der Waals surface area contributed by atoms with Gasteiger partial charge < -0.3 is 19.5 Å². The molecule has 8 nitrogen and oxygen atoms in total. The molecule has 1 N–H and O–H groups in total. The third-order valence-corrected chi connectivity index (χ3v) is 7.51. The van der Waals surface area contributed by atoms with Crippen molar-refractivity contribution in [1.29, 1.82) is 0 Å². The first-order chi connectivity index (χ1) is 18.4. The predicted molar refractivity (Wildman–Crippen MR) is 151 cm³/mol. The van der Waals surface area contributed by atoms with Crippen molar-refractivity contribution in [2.24, 2.45) is 0 Å². The Balaban J connectivity index is 1.71. The van der Waals surface area contributed by atoms with Crippen LogP contribution in [-0.4, -0.2) is 39.7 Å². The van der Waals surface area contributed by atoms with Crippen molar-refractivity contribution in [3.05, 3.63) is 68.8 Å². The van der Waals surface area contributed by atoms with Gasteiger partial charge in [0.1, 0.15) is 12.6 Å². The third kappa shape index (κ3) is 6.22. The zero-order valence-corrected chi connectivity index (χ0v) is 24.0. The maximum absolute atomic E-state index is 13.1. The minimum Gasteiger partial charge on any atom is -0.490 e. The SMILES string of the molecule is CCCSc1nc2n(n1)C(c1ccc(OCc3ccc(Cl)c(Cl)c3)c(OCC)c1)C(C(=O)OCC)=C(C)N2. The van der Waals surface area contributed by atoms with Crippen molar-refractivity contribution in [1.82, 2.24) is 14.8 Å². The number of fused-ring (bicyclic) bond motifs is 1. The molecule has 1 aliphatic heterocycles. The van der Waals surface area contributed by atoms with E-state index in [1.54, 1.807) is 35.5 Å². The molecule has 0 fully saturated rings. The van der Waals surface area contributed by atoms with E-state index >= 15 is 0 Å². The van der Waals surface area contributed by atoms with Crippen molar-refractivity contribution < 1.29 is 19.0 Å². The van der Waals surface area contributed by atoms with Gasteiger partial charge in [-0.05, 0) is 62.6 Å². The fourth-order valence-corrected chi connectivity index (χ4v) is 5.04. The second-order valence-electron chi connectivity index (χ2n) is 8.47. The molecule has 0 spiro atoms. The van der Waals surface area contributed by atoms with E-state index in [4.69, 9.17) is 42.5 Å². The number of anilines is 1. The van der Waals surface area contributed by atoms with Crippen LogP contribution >= 0.6 is 35.0 Å². The molecular weight excluding hydrogens is 547 g/mol. The van der Waals surface area contributed by atoms with Gasteiger partial charge in [-0.15, -0.1) is 5.10 Å². The molecule has 0 aliphatic carbocycles. The second-order valence-corrected chi connectivity index (χ2v) is 10.4. The molecule has 0 saturated carbocycles. The lowest BCUT2D eigenvalue weighted by Crippen LogP contribution is -2.29. The van der Waals surface area contributed by atoms with E-state index in [2.05, 4.69) is 17.2 Å². The highest BCUT2D eigenvalue weighted by Gasteiger charge is 2.35. The summed E-state index contributed by atoms with van der Waals surface area (Å²) < 4.78 is 19.2. The number of ether oxygens (including phenoxy) is 3. The number of rotatable bonds is 11. The van der Waals surface area contributed by atoms with Crippen LogP contribution in [0.4, 0.5) is 5.95 Å². The van der Waals surface area contributed by atoms with Crippen LogP contribution in [-0.2, 0) is 16.1 Å². The lowest BCUT2D eigenvalue weighted by molar-refractivity contribution is -0.139. The number of halogens is 2. The van der Waals surface area contributed by atoms with Crippen LogP contribution in [0.3, 0.4) is 0 Å². The van der Waals surface area contributed by atoms with Crippen LogP contribution in [0.2, 0.25) is 10.0 Å². The molecule has 4 rings (SSSR count). The van der Waals surface area contributed by atoms with Crippen molar-refractivity contribution in [2.75, 3.05) is 24.3 Å². The van der Waals surface area contributed by atoms with Gasteiger partial charge >= 0.3 is 5.97 Å². The van der Waals surface area contributed by atoms with E-state index < -0.39 is 12.0 Å². The summed E-state index contributed by atoms with van der Waals surface area (Å²) in [5, 5.41) is 9.55. The normalized spacial score (nSPS) is 14.6. The van der Waals surface area contributed by atoms with Gasteiger partial charge in [0.15, 0.2) is 11.5 Å². The summed E-state index contributed by atoms with van der Waals surface area (Å²) in [7, 11) is 0. The van der Waals surface area contributed by atoms with Gasteiger partial charge in [0.25, 0.3) is 0 Å². The zero-order chi connectivity index (χ0) is 27.2. The molecule has 0 bridgehead atoms. The fourth-order valence-electron chi connectivity index (χ4n) is 4.04. The van der Waals surface area contributed by atoms with Gasteiger partial charge in [-0.1, -0.05) is 54.0 Å². The first kappa shape index (κ1) is 28.1. The molecule has 1 aliphatic rings. The maximum atomic E-state index is 13.1. The Morgan fingerprint density at radius 2 is 1.87 bits per heavy atom. The van der Waals surface area contributed by atoms with Crippen LogP contribution in [0.5, 0.6) is 11.5 Å².